The van der Waals surface area contributed by atoms with Gasteiger partial charge in [0.25, 0.3) is 0 Å². The van der Waals surface area contributed by atoms with Gasteiger partial charge >= 0.3 is 0 Å². The molecule has 1 aromatic heterocycles. The molecule has 1 aliphatic heterocycles. The Labute approximate surface area is 200 Å². The SMILES string of the molecule is CCN(C(=O)C(C)Sc1nnc(CN2CCCCC2)n1-c1ccc(F)cc1)C1CCCCC1. The molecular weight excluding hydrogens is 437 g/mol. The molecule has 2 fully saturated rings. The van der Waals surface area contributed by atoms with E-state index >= 15 is 0 Å². The second-order valence-corrected chi connectivity index (χ2v) is 10.5. The van der Waals surface area contributed by atoms with Gasteiger partial charge in [-0.05, 0) is 76.9 Å². The first-order chi connectivity index (χ1) is 16.1. The van der Waals surface area contributed by atoms with E-state index in [0.29, 0.717) is 17.7 Å². The summed E-state index contributed by atoms with van der Waals surface area (Å²) in [7, 11) is 0. The summed E-state index contributed by atoms with van der Waals surface area (Å²) in [6, 6.07) is 6.80. The van der Waals surface area contributed by atoms with Crippen molar-refractivity contribution in [2.45, 2.75) is 88.2 Å². The molecule has 2 heterocycles. The molecule has 1 unspecified atom stereocenters. The van der Waals surface area contributed by atoms with Crippen molar-refractivity contribution in [3.8, 4) is 5.69 Å². The van der Waals surface area contributed by atoms with Crippen LogP contribution in [0.4, 0.5) is 4.39 Å². The van der Waals surface area contributed by atoms with Crippen LogP contribution < -0.4 is 0 Å². The number of nitrogens with zero attached hydrogens (tertiary/aromatic N) is 5. The molecule has 1 aliphatic carbocycles. The van der Waals surface area contributed by atoms with Crippen LogP contribution in [-0.2, 0) is 11.3 Å². The minimum Gasteiger partial charge on any atom is -0.339 e. The summed E-state index contributed by atoms with van der Waals surface area (Å²) in [5.41, 5.74) is 0.829. The molecular formula is C25H36FN5OS. The largest absolute Gasteiger partial charge is 0.339 e. The lowest BCUT2D eigenvalue weighted by Gasteiger charge is -2.35. The highest BCUT2D eigenvalue weighted by Gasteiger charge is 2.29. The third-order valence-electron chi connectivity index (χ3n) is 6.87. The molecule has 0 spiro atoms. The van der Waals surface area contributed by atoms with Crippen LogP contribution in [0.3, 0.4) is 0 Å². The average molecular weight is 474 g/mol. The molecule has 8 heteroatoms. The lowest BCUT2D eigenvalue weighted by atomic mass is 9.94. The molecule has 6 nitrogen and oxygen atoms in total. The number of carbonyl (C=O) groups excluding carboxylic acids is 1. The van der Waals surface area contributed by atoms with E-state index < -0.39 is 0 Å². The van der Waals surface area contributed by atoms with Crippen LogP contribution in [0.1, 0.15) is 71.0 Å². The van der Waals surface area contributed by atoms with Gasteiger partial charge in [-0.2, -0.15) is 0 Å². The van der Waals surface area contributed by atoms with Crippen molar-refractivity contribution < 1.29 is 9.18 Å². The van der Waals surface area contributed by atoms with Gasteiger partial charge in [-0.15, -0.1) is 10.2 Å². The maximum Gasteiger partial charge on any atom is 0.236 e. The highest BCUT2D eigenvalue weighted by Crippen LogP contribution is 2.30. The third kappa shape index (κ3) is 5.96. The Kier molecular flexibility index (Phi) is 8.41. The summed E-state index contributed by atoms with van der Waals surface area (Å²) >= 11 is 1.45. The van der Waals surface area contributed by atoms with Crippen LogP contribution in [0.15, 0.2) is 29.4 Å². The van der Waals surface area contributed by atoms with Crippen molar-refractivity contribution in [3.05, 3.63) is 35.9 Å². The number of piperidine rings is 1. The van der Waals surface area contributed by atoms with Crippen molar-refractivity contribution in [2.24, 2.45) is 0 Å². The minimum atomic E-state index is -0.270. The van der Waals surface area contributed by atoms with E-state index in [1.807, 2.05) is 11.5 Å². The minimum absolute atomic E-state index is 0.167. The van der Waals surface area contributed by atoms with E-state index in [0.717, 1.165) is 44.0 Å². The normalized spacial score (nSPS) is 18.9. The molecule has 2 aromatic rings. The van der Waals surface area contributed by atoms with Crippen molar-refractivity contribution in [1.82, 2.24) is 24.6 Å². The number of benzene rings is 1. The predicted octanol–water partition coefficient (Wildman–Crippen LogP) is 5.05. The summed E-state index contributed by atoms with van der Waals surface area (Å²) in [6.45, 7) is 7.59. The molecule has 4 rings (SSSR count). The quantitative estimate of drug-likeness (QED) is 0.502. The first kappa shape index (κ1) is 24.2. The van der Waals surface area contributed by atoms with Crippen LogP contribution in [0.25, 0.3) is 5.69 Å². The van der Waals surface area contributed by atoms with E-state index in [1.165, 1.54) is 62.4 Å². The van der Waals surface area contributed by atoms with Crippen LogP contribution in [0.5, 0.6) is 0 Å². The maximum absolute atomic E-state index is 13.6. The van der Waals surface area contributed by atoms with Gasteiger partial charge in [0, 0.05) is 18.3 Å². The van der Waals surface area contributed by atoms with Crippen LogP contribution in [-0.4, -0.2) is 61.4 Å². The second kappa shape index (κ2) is 11.5. The second-order valence-electron chi connectivity index (χ2n) is 9.22. The highest BCUT2D eigenvalue weighted by atomic mass is 32.2. The Morgan fingerprint density at radius 1 is 1.09 bits per heavy atom. The topological polar surface area (TPSA) is 54.3 Å². The maximum atomic E-state index is 13.6. The molecule has 1 aromatic carbocycles. The fraction of sp³-hybridized carbons (Fsp3) is 0.640. The lowest BCUT2D eigenvalue weighted by molar-refractivity contribution is -0.133. The summed E-state index contributed by atoms with van der Waals surface area (Å²) in [5.74, 6) is 0.735. The van der Waals surface area contributed by atoms with Gasteiger partial charge in [-0.1, -0.05) is 37.4 Å². The molecule has 180 valence electrons. The van der Waals surface area contributed by atoms with Gasteiger partial charge in [0.15, 0.2) is 11.0 Å². The van der Waals surface area contributed by atoms with E-state index in [2.05, 4.69) is 26.9 Å². The molecule has 1 amide bonds. The third-order valence-corrected chi connectivity index (χ3v) is 7.90. The fourth-order valence-corrected chi connectivity index (χ4v) is 6.03. The Balaban J connectivity index is 1.55. The number of hydrogen-bond acceptors (Lipinski definition) is 5. The standard InChI is InChI=1S/C25H36FN5OS/c1-3-30(21-10-6-4-7-11-21)24(32)19(2)33-25-28-27-23(18-29-16-8-5-9-17-29)31(25)22-14-12-20(26)13-15-22/h12-15,19,21H,3-11,16-18H2,1-2H3. The van der Waals surface area contributed by atoms with Crippen LogP contribution >= 0.6 is 11.8 Å². The molecule has 0 N–H and O–H groups in total. The summed E-state index contributed by atoms with van der Waals surface area (Å²) in [5, 5.41) is 9.42. The lowest BCUT2D eigenvalue weighted by Crippen LogP contribution is -2.44. The highest BCUT2D eigenvalue weighted by molar-refractivity contribution is 8.00. The Bertz CT molecular complexity index is 906. The van der Waals surface area contributed by atoms with E-state index in [-0.39, 0.29) is 17.0 Å². The monoisotopic (exact) mass is 473 g/mol. The Morgan fingerprint density at radius 3 is 2.42 bits per heavy atom. The van der Waals surface area contributed by atoms with Crippen molar-refractivity contribution in [2.75, 3.05) is 19.6 Å². The van der Waals surface area contributed by atoms with Gasteiger partial charge in [0.2, 0.25) is 5.91 Å². The van der Waals surface area contributed by atoms with Crippen molar-refractivity contribution >= 4 is 17.7 Å². The average Bonchev–Trinajstić information content (AvgIpc) is 3.23. The molecule has 0 bridgehead atoms. The van der Waals surface area contributed by atoms with Crippen LogP contribution in [0, 0.1) is 5.82 Å². The number of halogens is 1. The zero-order valence-corrected chi connectivity index (χ0v) is 20.7. The smallest absolute Gasteiger partial charge is 0.236 e. The summed E-state index contributed by atoms with van der Waals surface area (Å²) in [6.07, 6.45) is 9.55. The van der Waals surface area contributed by atoms with Crippen molar-refractivity contribution in [3.63, 3.8) is 0 Å². The predicted molar refractivity (Wildman–Crippen MR) is 130 cm³/mol. The number of amides is 1. The van der Waals surface area contributed by atoms with Gasteiger partial charge in [-0.25, -0.2) is 4.39 Å². The number of carbonyl (C=O) groups is 1. The molecule has 33 heavy (non-hydrogen) atoms. The number of aromatic nitrogens is 3. The van der Waals surface area contributed by atoms with Gasteiger partial charge in [-0.3, -0.25) is 14.3 Å². The zero-order chi connectivity index (χ0) is 23.2. The number of likely N-dealkylation sites (tertiary alicyclic amines) is 1. The first-order valence-corrected chi connectivity index (χ1v) is 13.3. The van der Waals surface area contributed by atoms with E-state index in [4.69, 9.17) is 0 Å². The fourth-order valence-electron chi connectivity index (χ4n) is 5.07. The Hall–Kier alpha value is -1.93. The summed E-state index contributed by atoms with van der Waals surface area (Å²) < 4.78 is 15.6. The number of hydrogen-bond donors (Lipinski definition) is 0. The zero-order valence-electron chi connectivity index (χ0n) is 19.9. The Morgan fingerprint density at radius 2 is 1.76 bits per heavy atom. The van der Waals surface area contributed by atoms with Crippen LogP contribution in [0.2, 0.25) is 0 Å². The molecule has 1 atom stereocenters. The molecule has 1 saturated carbocycles. The number of rotatable bonds is 8. The van der Waals surface area contributed by atoms with Gasteiger partial charge in [0.05, 0.1) is 11.8 Å². The molecule has 1 saturated heterocycles. The van der Waals surface area contributed by atoms with E-state index in [1.54, 1.807) is 12.1 Å². The summed E-state index contributed by atoms with van der Waals surface area (Å²) in [4.78, 5) is 17.8. The van der Waals surface area contributed by atoms with E-state index in [9.17, 15) is 9.18 Å². The van der Waals surface area contributed by atoms with Gasteiger partial charge < -0.3 is 4.90 Å². The van der Waals surface area contributed by atoms with Gasteiger partial charge in [0.1, 0.15) is 5.82 Å². The molecule has 0 radical (unpaired) electrons. The van der Waals surface area contributed by atoms with Crippen molar-refractivity contribution in [1.29, 1.82) is 0 Å². The number of thioether (sulfide) groups is 1. The first-order valence-electron chi connectivity index (χ1n) is 12.5. The molecule has 2 aliphatic rings.